The lowest BCUT2D eigenvalue weighted by molar-refractivity contribution is -0.152. The minimum Gasteiger partial charge on any atom is -0.459 e. The highest BCUT2D eigenvalue weighted by Gasteiger charge is 2.30. The van der Waals surface area contributed by atoms with Gasteiger partial charge in [-0.1, -0.05) is 6.07 Å². The van der Waals surface area contributed by atoms with Gasteiger partial charge in [-0.15, -0.1) is 0 Å². The smallest absolute Gasteiger partial charge is 0.309 e. The van der Waals surface area contributed by atoms with E-state index in [0.717, 1.165) is 11.7 Å². The number of carbonyl (C=O) groups excluding carboxylic acids is 3. The lowest BCUT2D eigenvalue weighted by Crippen LogP contribution is -2.40. The molecule has 1 saturated heterocycles. The number of nitrogens with zero attached hydrogens (tertiary/aromatic N) is 3. The highest BCUT2D eigenvalue weighted by molar-refractivity contribution is 7.00. The number of esters is 1. The Morgan fingerprint density at radius 1 is 1.17 bits per heavy atom. The van der Waals surface area contributed by atoms with E-state index in [1.54, 1.807) is 35.2 Å². The second-order valence-corrected chi connectivity index (χ2v) is 7.17. The first-order valence-electron chi connectivity index (χ1n) is 9.12. The van der Waals surface area contributed by atoms with Gasteiger partial charge < -0.3 is 19.4 Å². The van der Waals surface area contributed by atoms with Crippen molar-refractivity contribution >= 4 is 46.2 Å². The molecule has 0 bridgehead atoms. The summed E-state index contributed by atoms with van der Waals surface area (Å²) in [5.41, 5.74) is 1.83. The lowest BCUT2D eigenvalue weighted by atomic mass is 9.97. The Kier molecular flexibility index (Phi) is 5.52. The van der Waals surface area contributed by atoms with E-state index >= 15 is 0 Å². The molecular weight excluding hydrogens is 396 g/mol. The van der Waals surface area contributed by atoms with E-state index in [2.05, 4.69) is 14.1 Å². The normalized spacial score (nSPS) is 14.7. The van der Waals surface area contributed by atoms with Gasteiger partial charge in [-0.2, -0.15) is 8.75 Å². The van der Waals surface area contributed by atoms with Gasteiger partial charge in [-0.3, -0.25) is 14.4 Å². The molecule has 2 amide bonds. The number of anilines is 1. The second kappa shape index (κ2) is 8.39. The van der Waals surface area contributed by atoms with Crippen LogP contribution in [-0.4, -0.2) is 51.1 Å². The van der Waals surface area contributed by atoms with Crippen LogP contribution >= 0.6 is 11.7 Å². The molecular formula is C19H18N4O5S. The van der Waals surface area contributed by atoms with Crippen LogP contribution in [0.25, 0.3) is 11.0 Å². The minimum absolute atomic E-state index is 0.188. The average Bonchev–Trinajstić information content (AvgIpc) is 3.44. The largest absolute Gasteiger partial charge is 0.459 e. The molecule has 1 fully saturated rings. The zero-order valence-corrected chi connectivity index (χ0v) is 16.2. The molecule has 9 nitrogen and oxygen atoms in total. The number of carbonyl (C=O) groups is 3. The van der Waals surface area contributed by atoms with Gasteiger partial charge >= 0.3 is 5.97 Å². The fourth-order valence-corrected chi connectivity index (χ4v) is 3.77. The zero-order chi connectivity index (χ0) is 20.2. The number of nitrogens with one attached hydrogen (secondary N) is 1. The van der Waals surface area contributed by atoms with E-state index in [0.29, 0.717) is 42.7 Å². The maximum atomic E-state index is 12.3. The van der Waals surface area contributed by atoms with Gasteiger partial charge in [0.1, 0.15) is 11.0 Å². The first-order valence-corrected chi connectivity index (χ1v) is 9.85. The number of aromatic nitrogens is 2. The molecule has 29 heavy (non-hydrogen) atoms. The summed E-state index contributed by atoms with van der Waals surface area (Å²) in [6, 6.07) is 8.56. The van der Waals surface area contributed by atoms with Gasteiger partial charge in [0.2, 0.25) is 0 Å². The summed E-state index contributed by atoms with van der Waals surface area (Å²) >= 11 is 1.06. The number of likely N-dealkylation sites (tertiary alicyclic amines) is 1. The summed E-state index contributed by atoms with van der Waals surface area (Å²) < 4.78 is 18.6. The van der Waals surface area contributed by atoms with Gasteiger partial charge in [0.25, 0.3) is 11.8 Å². The Morgan fingerprint density at radius 2 is 2.00 bits per heavy atom. The van der Waals surface area contributed by atoms with Gasteiger partial charge in [-0.05, 0) is 37.1 Å². The van der Waals surface area contributed by atoms with Crippen molar-refractivity contribution in [1.82, 2.24) is 13.6 Å². The van der Waals surface area contributed by atoms with Crippen LogP contribution in [0.3, 0.4) is 0 Å². The van der Waals surface area contributed by atoms with Crippen molar-refractivity contribution in [2.75, 3.05) is 25.0 Å². The monoisotopic (exact) mass is 414 g/mol. The molecule has 1 aliphatic heterocycles. The molecule has 0 unspecified atom stereocenters. The standard InChI is InChI=1S/C19H18N4O5S/c24-16(20-13-3-1-4-14-17(13)22-29-21-14)11-28-19(26)12-6-8-23(9-7-12)18(25)15-5-2-10-27-15/h1-5,10,12H,6-9,11H2,(H,20,24). The Bertz CT molecular complexity index is 1020. The molecule has 3 heterocycles. The fraction of sp³-hybridized carbons (Fsp3) is 0.316. The number of amides is 2. The molecule has 1 aromatic carbocycles. The Morgan fingerprint density at radius 3 is 2.76 bits per heavy atom. The fourth-order valence-electron chi connectivity index (χ4n) is 3.22. The quantitative estimate of drug-likeness (QED) is 0.637. The van der Waals surface area contributed by atoms with E-state index < -0.39 is 11.9 Å². The maximum Gasteiger partial charge on any atom is 0.309 e. The molecule has 0 radical (unpaired) electrons. The Hall–Kier alpha value is -3.27. The number of rotatable bonds is 5. The summed E-state index contributed by atoms with van der Waals surface area (Å²) in [6.07, 6.45) is 2.42. The van der Waals surface area contributed by atoms with E-state index in [4.69, 9.17) is 9.15 Å². The van der Waals surface area contributed by atoms with Crippen LogP contribution in [0.4, 0.5) is 5.69 Å². The van der Waals surface area contributed by atoms with E-state index in [1.165, 1.54) is 6.26 Å². The summed E-state index contributed by atoms with van der Waals surface area (Å²) in [6.45, 7) is 0.493. The third-order valence-corrected chi connectivity index (χ3v) is 5.30. The van der Waals surface area contributed by atoms with Gasteiger partial charge in [0.15, 0.2) is 12.4 Å². The second-order valence-electron chi connectivity index (χ2n) is 6.64. The number of furan rings is 1. The molecule has 2 aromatic heterocycles. The van der Waals surface area contributed by atoms with Crippen molar-refractivity contribution in [3.63, 3.8) is 0 Å². The van der Waals surface area contributed by atoms with E-state index in [1.807, 2.05) is 0 Å². The highest BCUT2D eigenvalue weighted by atomic mass is 32.1. The van der Waals surface area contributed by atoms with Gasteiger partial charge in [0, 0.05) is 13.1 Å². The maximum absolute atomic E-state index is 12.3. The summed E-state index contributed by atoms with van der Waals surface area (Å²) in [5.74, 6) is -1.11. The van der Waals surface area contributed by atoms with Crippen LogP contribution < -0.4 is 5.32 Å². The number of hydrogen-bond donors (Lipinski definition) is 1. The summed E-state index contributed by atoms with van der Waals surface area (Å²) in [7, 11) is 0. The molecule has 0 aliphatic carbocycles. The average molecular weight is 414 g/mol. The van der Waals surface area contributed by atoms with Gasteiger partial charge in [-0.25, -0.2) is 0 Å². The van der Waals surface area contributed by atoms with E-state index in [-0.39, 0.29) is 24.2 Å². The predicted octanol–water partition coefficient (Wildman–Crippen LogP) is 2.32. The van der Waals surface area contributed by atoms with Crippen molar-refractivity contribution in [2.45, 2.75) is 12.8 Å². The van der Waals surface area contributed by atoms with Crippen LogP contribution in [0.15, 0.2) is 41.0 Å². The Balaban J connectivity index is 1.24. The summed E-state index contributed by atoms with van der Waals surface area (Å²) in [5, 5.41) is 2.69. The molecule has 150 valence electrons. The number of fused-ring (bicyclic) bond motifs is 1. The van der Waals surface area contributed by atoms with Crippen LogP contribution in [0.5, 0.6) is 0 Å². The van der Waals surface area contributed by atoms with Crippen LogP contribution in [0.2, 0.25) is 0 Å². The highest BCUT2D eigenvalue weighted by Crippen LogP contribution is 2.22. The van der Waals surface area contributed by atoms with Crippen molar-refractivity contribution in [2.24, 2.45) is 5.92 Å². The van der Waals surface area contributed by atoms with Crippen LogP contribution in [0, 0.1) is 5.92 Å². The van der Waals surface area contributed by atoms with Crippen LogP contribution in [0.1, 0.15) is 23.4 Å². The van der Waals surface area contributed by atoms with Gasteiger partial charge in [0.05, 0.1) is 29.6 Å². The third-order valence-electron chi connectivity index (χ3n) is 4.75. The molecule has 0 spiro atoms. The number of ether oxygens (including phenoxy) is 1. The summed E-state index contributed by atoms with van der Waals surface area (Å²) in [4.78, 5) is 38.3. The molecule has 1 aliphatic rings. The topological polar surface area (TPSA) is 115 Å². The Labute approximate surface area is 170 Å². The molecule has 10 heteroatoms. The molecule has 1 N–H and O–H groups in total. The number of benzene rings is 1. The first kappa shape index (κ1) is 19.1. The van der Waals surface area contributed by atoms with Crippen molar-refractivity contribution < 1.29 is 23.5 Å². The van der Waals surface area contributed by atoms with Crippen LogP contribution in [-0.2, 0) is 14.3 Å². The third kappa shape index (κ3) is 4.27. The zero-order valence-electron chi connectivity index (χ0n) is 15.4. The van der Waals surface area contributed by atoms with E-state index in [9.17, 15) is 14.4 Å². The molecule has 4 rings (SSSR count). The van der Waals surface area contributed by atoms with Crippen molar-refractivity contribution in [3.05, 3.63) is 42.4 Å². The SMILES string of the molecule is O=C(COC(=O)C1CCN(C(=O)c2ccco2)CC1)Nc1cccc2nsnc12. The number of piperidine rings is 1. The molecule has 0 atom stereocenters. The molecule has 0 saturated carbocycles. The molecule has 3 aromatic rings. The first-order chi connectivity index (χ1) is 14.1. The predicted molar refractivity (Wildman–Crippen MR) is 104 cm³/mol. The number of hydrogen-bond acceptors (Lipinski definition) is 8. The van der Waals surface area contributed by atoms with Crippen molar-refractivity contribution in [3.8, 4) is 0 Å². The lowest BCUT2D eigenvalue weighted by Gasteiger charge is -2.30. The minimum atomic E-state index is -0.440. The van der Waals surface area contributed by atoms with Crippen molar-refractivity contribution in [1.29, 1.82) is 0 Å².